The maximum Gasteiger partial charge on any atom is 0.0687 e. The van der Waals surface area contributed by atoms with Crippen molar-refractivity contribution in [3.05, 3.63) is 35.4 Å². The van der Waals surface area contributed by atoms with E-state index in [2.05, 4.69) is 24.3 Å². The van der Waals surface area contributed by atoms with Crippen molar-refractivity contribution in [2.24, 2.45) is 5.73 Å². The first-order valence-corrected chi connectivity index (χ1v) is 8.20. The first-order valence-electron chi connectivity index (χ1n) is 8.20. The number of rotatable bonds is 2. The molecule has 1 aromatic rings. The van der Waals surface area contributed by atoms with Gasteiger partial charge in [-0.3, -0.25) is 0 Å². The lowest BCUT2D eigenvalue weighted by Gasteiger charge is -2.29. The third kappa shape index (κ3) is 2.19. The van der Waals surface area contributed by atoms with Gasteiger partial charge in [0, 0.05) is 5.54 Å². The Bertz CT molecular complexity index is 479. The van der Waals surface area contributed by atoms with Gasteiger partial charge in [0.15, 0.2) is 0 Å². The highest BCUT2D eigenvalue weighted by atomic mass is 16.5. The molecule has 20 heavy (non-hydrogen) atoms. The smallest absolute Gasteiger partial charge is 0.0687 e. The van der Waals surface area contributed by atoms with E-state index in [0.717, 1.165) is 19.3 Å². The van der Waals surface area contributed by atoms with Crippen LogP contribution in [-0.4, -0.2) is 17.2 Å². The van der Waals surface area contributed by atoms with E-state index in [-0.39, 0.29) is 11.1 Å². The lowest BCUT2D eigenvalue weighted by Crippen LogP contribution is -2.44. The van der Waals surface area contributed by atoms with Crippen molar-refractivity contribution in [2.75, 3.05) is 0 Å². The van der Waals surface area contributed by atoms with Gasteiger partial charge in [0.05, 0.1) is 11.7 Å². The highest BCUT2D eigenvalue weighted by Gasteiger charge is 2.45. The zero-order valence-corrected chi connectivity index (χ0v) is 12.2. The molecule has 1 atom stereocenters. The number of hydrogen-bond donors (Lipinski definition) is 1. The summed E-state index contributed by atoms with van der Waals surface area (Å²) >= 11 is 0. The molecule has 1 heterocycles. The topological polar surface area (TPSA) is 35.2 Å². The molecule has 1 aromatic carbocycles. The van der Waals surface area contributed by atoms with E-state index in [1.807, 2.05) is 0 Å². The Balaban J connectivity index is 1.43. The maximum absolute atomic E-state index is 6.70. The van der Waals surface area contributed by atoms with E-state index in [0.29, 0.717) is 6.10 Å². The molecular formula is C18H25NO. The lowest BCUT2D eigenvalue weighted by molar-refractivity contribution is -0.0456. The summed E-state index contributed by atoms with van der Waals surface area (Å²) in [6, 6.07) is 8.73. The zero-order chi connectivity index (χ0) is 13.6. The van der Waals surface area contributed by atoms with Crippen LogP contribution in [0.25, 0.3) is 0 Å². The second-order valence-electron chi connectivity index (χ2n) is 7.36. The van der Waals surface area contributed by atoms with Crippen LogP contribution in [-0.2, 0) is 17.6 Å². The van der Waals surface area contributed by atoms with Crippen LogP contribution in [0.4, 0.5) is 0 Å². The van der Waals surface area contributed by atoms with Crippen molar-refractivity contribution >= 4 is 0 Å². The third-order valence-corrected chi connectivity index (χ3v) is 5.69. The molecule has 0 bridgehead atoms. The highest BCUT2D eigenvalue weighted by molar-refractivity contribution is 5.36. The van der Waals surface area contributed by atoms with Gasteiger partial charge in [0.25, 0.3) is 0 Å². The molecule has 1 aliphatic heterocycles. The average molecular weight is 271 g/mol. The molecule has 4 rings (SSSR count). The van der Waals surface area contributed by atoms with Gasteiger partial charge in [-0.1, -0.05) is 37.1 Å². The Morgan fingerprint density at radius 1 is 1.05 bits per heavy atom. The van der Waals surface area contributed by atoms with Gasteiger partial charge in [-0.05, 0) is 56.1 Å². The first kappa shape index (κ1) is 12.8. The van der Waals surface area contributed by atoms with Gasteiger partial charge in [-0.15, -0.1) is 0 Å². The summed E-state index contributed by atoms with van der Waals surface area (Å²) in [7, 11) is 0. The number of ether oxygens (including phenoxy) is 1. The normalized spacial score (nSPS) is 29.9. The van der Waals surface area contributed by atoms with Crippen molar-refractivity contribution in [1.29, 1.82) is 0 Å². The summed E-state index contributed by atoms with van der Waals surface area (Å²) in [5.74, 6) is 0. The lowest BCUT2D eigenvalue weighted by atomic mass is 9.89. The minimum absolute atomic E-state index is 0.0709. The SMILES string of the molecule is NC1(CC2CCC3(CCCC3)O2)Cc2ccccc2C1. The average Bonchev–Trinajstić information content (AvgIpc) is 3.10. The summed E-state index contributed by atoms with van der Waals surface area (Å²) in [6.07, 6.45) is 11.2. The second kappa shape index (κ2) is 4.57. The van der Waals surface area contributed by atoms with Crippen LogP contribution in [0.5, 0.6) is 0 Å². The van der Waals surface area contributed by atoms with Crippen LogP contribution >= 0.6 is 0 Å². The van der Waals surface area contributed by atoms with Gasteiger partial charge in [0.1, 0.15) is 0 Å². The molecule has 2 nitrogen and oxygen atoms in total. The molecule has 2 fully saturated rings. The van der Waals surface area contributed by atoms with Gasteiger partial charge >= 0.3 is 0 Å². The Morgan fingerprint density at radius 2 is 1.70 bits per heavy atom. The molecule has 1 saturated carbocycles. The van der Waals surface area contributed by atoms with E-state index < -0.39 is 0 Å². The molecule has 1 spiro atoms. The molecule has 2 heteroatoms. The van der Waals surface area contributed by atoms with Crippen LogP contribution in [0, 0.1) is 0 Å². The molecule has 1 saturated heterocycles. The second-order valence-corrected chi connectivity index (χ2v) is 7.36. The van der Waals surface area contributed by atoms with Crippen LogP contribution in [0.2, 0.25) is 0 Å². The van der Waals surface area contributed by atoms with E-state index in [9.17, 15) is 0 Å². The fraction of sp³-hybridized carbons (Fsp3) is 0.667. The highest BCUT2D eigenvalue weighted by Crippen LogP contribution is 2.45. The summed E-state index contributed by atoms with van der Waals surface area (Å²) in [5.41, 5.74) is 9.76. The number of nitrogens with two attached hydrogens (primary N) is 1. The van der Waals surface area contributed by atoms with Crippen molar-refractivity contribution in [3.8, 4) is 0 Å². The van der Waals surface area contributed by atoms with E-state index in [4.69, 9.17) is 10.5 Å². The number of fused-ring (bicyclic) bond motifs is 1. The summed E-state index contributed by atoms with van der Waals surface area (Å²) in [5, 5.41) is 0. The standard InChI is InChI=1S/C18H25NO/c19-17(11-14-5-1-2-6-15(14)12-17)13-16-7-10-18(20-16)8-3-4-9-18/h1-2,5-6,16H,3-4,7-13,19H2. The zero-order valence-electron chi connectivity index (χ0n) is 12.2. The van der Waals surface area contributed by atoms with Gasteiger partial charge in [0.2, 0.25) is 0 Å². The van der Waals surface area contributed by atoms with Crippen molar-refractivity contribution in [3.63, 3.8) is 0 Å². The van der Waals surface area contributed by atoms with Crippen molar-refractivity contribution < 1.29 is 4.74 Å². The molecule has 0 radical (unpaired) electrons. The fourth-order valence-electron chi connectivity index (χ4n) is 4.75. The molecule has 1 unspecified atom stereocenters. The summed E-state index contributed by atoms with van der Waals surface area (Å²) in [4.78, 5) is 0. The number of hydrogen-bond acceptors (Lipinski definition) is 2. The fourth-order valence-corrected chi connectivity index (χ4v) is 4.75. The Labute approximate surface area is 121 Å². The van der Waals surface area contributed by atoms with Crippen LogP contribution in [0.15, 0.2) is 24.3 Å². The molecule has 0 amide bonds. The van der Waals surface area contributed by atoms with Crippen LogP contribution < -0.4 is 5.73 Å². The maximum atomic E-state index is 6.70. The van der Waals surface area contributed by atoms with Crippen molar-refractivity contribution in [2.45, 2.75) is 75.0 Å². The largest absolute Gasteiger partial charge is 0.372 e. The van der Waals surface area contributed by atoms with E-state index in [1.54, 1.807) is 0 Å². The Morgan fingerprint density at radius 3 is 2.35 bits per heavy atom. The predicted octanol–water partition coefficient (Wildman–Crippen LogP) is 3.36. The molecule has 2 N–H and O–H groups in total. The molecular weight excluding hydrogens is 246 g/mol. The Kier molecular flexibility index (Phi) is 2.94. The third-order valence-electron chi connectivity index (χ3n) is 5.69. The first-order chi connectivity index (χ1) is 9.67. The molecule has 2 aliphatic carbocycles. The summed E-state index contributed by atoms with van der Waals surface area (Å²) < 4.78 is 6.46. The van der Waals surface area contributed by atoms with Gasteiger partial charge in [-0.25, -0.2) is 0 Å². The minimum Gasteiger partial charge on any atom is -0.372 e. The van der Waals surface area contributed by atoms with E-state index >= 15 is 0 Å². The predicted molar refractivity (Wildman–Crippen MR) is 80.7 cm³/mol. The monoisotopic (exact) mass is 271 g/mol. The van der Waals surface area contributed by atoms with E-state index in [1.165, 1.54) is 49.7 Å². The van der Waals surface area contributed by atoms with Gasteiger partial charge in [-0.2, -0.15) is 0 Å². The molecule has 108 valence electrons. The molecule has 3 aliphatic rings. The molecule has 0 aromatic heterocycles. The van der Waals surface area contributed by atoms with Crippen molar-refractivity contribution in [1.82, 2.24) is 0 Å². The minimum atomic E-state index is -0.0709. The van der Waals surface area contributed by atoms with Crippen LogP contribution in [0.1, 0.15) is 56.1 Å². The van der Waals surface area contributed by atoms with Gasteiger partial charge < -0.3 is 10.5 Å². The number of benzene rings is 1. The quantitative estimate of drug-likeness (QED) is 0.895. The van der Waals surface area contributed by atoms with Crippen LogP contribution in [0.3, 0.4) is 0 Å². The Hall–Kier alpha value is -0.860. The summed E-state index contributed by atoms with van der Waals surface area (Å²) in [6.45, 7) is 0.